The van der Waals surface area contributed by atoms with Crippen LogP contribution in [-0.2, 0) is 0 Å². The third-order valence-corrected chi connectivity index (χ3v) is 4.03. The molecule has 1 aromatic carbocycles. The second-order valence-corrected chi connectivity index (χ2v) is 5.56. The van der Waals surface area contributed by atoms with Crippen LogP contribution < -0.4 is 10.2 Å². The van der Waals surface area contributed by atoms with Gasteiger partial charge in [0.15, 0.2) is 11.0 Å². The minimum absolute atomic E-state index is 0.414. The van der Waals surface area contributed by atoms with E-state index >= 15 is 0 Å². The Labute approximate surface area is 121 Å². The number of anilines is 1. The van der Waals surface area contributed by atoms with E-state index in [0.29, 0.717) is 5.16 Å². The van der Waals surface area contributed by atoms with E-state index in [1.165, 1.54) is 29.8 Å². The molecule has 6 heteroatoms. The summed E-state index contributed by atoms with van der Waals surface area (Å²) in [7, 11) is 0. The molecule has 1 aliphatic heterocycles. The van der Waals surface area contributed by atoms with Gasteiger partial charge >= 0.3 is 0 Å². The molecule has 4 nitrogen and oxygen atoms in total. The smallest absolute Gasteiger partial charge is 0.192 e. The van der Waals surface area contributed by atoms with Crippen LogP contribution in [0.1, 0.15) is 0 Å². The van der Waals surface area contributed by atoms with E-state index in [2.05, 4.69) is 44.5 Å². The predicted octanol–water partition coefficient (Wildman–Crippen LogP) is 2.18. The SMILES string of the molecule is Fc1cnc(Sc2ccc(N3CCNCC3)cc2)nc1. The minimum atomic E-state index is -0.414. The van der Waals surface area contributed by atoms with Crippen molar-refractivity contribution in [3.05, 3.63) is 42.5 Å². The van der Waals surface area contributed by atoms with Crippen molar-refractivity contribution in [3.63, 3.8) is 0 Å². The van der Waals surface area contributed by atoms with Crippen LogP contribution in [0, 0.1) is 5.82 Å². The summed E-state index contributed by atoms with van der Waals surface area (Å²) in [6.07, 6.45) is 2.37. The molecule has 0 atom stereocenters. The van der Waals surface area contributed by atoms with Gasteiger partial charge in [-0.1, -0.05) is 0 Å². The van der Waals surface area contributed by atoms with Crippen molar-refractivity contribution in [2.24, 2.45) is 0 Å². The van der Waals surface area contributed by atoms with E-state index in [1.54, 1.807) is 0 Å². The van der Waals surface area contributed by atoms with Gasteiger partial charge in [-0.25, -0.2) is 14.4 Å². The van der Waals surface area contributed by atoms with E-state index in [1.807, 2.05) is 0 Å². The minimum Gasteiger partial charge on any atom is -0.369 e. The van der Waals surface area contributed by atoms with Gasteiger partial charge in [-0.2, -0.15) is 0 Å². The number of aromatic nitrogens is 2. The lowest BCUT2D eigenvalue weighted by Crippen LogP contribution is -2.43. The summed E-state index contributed by atoms with van der Waals surface area (Å²) in [5.74, 6) is -0.414. The van der Waals surface area contributed by atoms with Crippen molar-refractivity contribution in [2.75, 3.05) is 31.1 Å². The van der Waals surface area contributed by atoms with Crippen LogP contribution in [0.2, 0.25) is 0 Å². The van der Waals surface area contributed by atoms with Crippen molar-refractivity contribution in [1.82, 2.24) is 15.3 Å². The van der Waals surface area contributed by atoms with Gasteiger partial charge in [-0.15, -0.1) is 0 Å². The lowest BCUT2D eigenvalue weighted by atomic mass is 10.2. The summed E-state index contributed by atoms with van der Waals surface area (Å²) in [6.45, 7) is 4.13. The molecule has 2 heterocycles. The Hall–Kier alpha value is -1.66. The average molecular weight is 290 g/mol. The molecule has 3 rings (SSSR count). The van der Waals surface area contributed by atoms with Crippen LogP contribution in [0.4, 0.5) is 10.1 Å². The molecule has 20 heavy (non-hydrogen) atoms. The van der Waals surface area contributed by atoms with E-state index in [9.17, 15) is 4.39 Å². The molecular formula is C14H15FN4S. The molecule has 0 spiro atoms. The number of halogens is 1. The van der Waals surface area contributed by atoms with Crippen LogP contribution in [0.25, 0.3) is 0 Å². The van der Waals surface area contributed by atoms with Crippen molar-refractivity contribution < 1.29 is 4.39 Å². The molecule has 0 aliphatic carbocycles. The molecule has 0 radical (unpaired) electrons. The molecular weight excluding hydrogens is 275 g/mol. The fraction of sp³-hybridized carbons (Fsp3) is 0.286. The van der Waals surface area contributed by atoms with Crippen LogP contribution in [0.3, 0.4) is 0 Å². The highest BCUT2D eigenvalue weighted by Gasteiger charge is 2.10. The van der Waals surface area contributed by atoms with Gasteiger partial charge in [0.05, 0.1) is 12.4 Å². The number of hydrogen-bond donors (Lipinski definition) is 1. The summed E-state index contributed by atoms with van der Waals surface area (Å²) in [5.41, 5.74) is 1.23. The number of piperazine rings is 1. The summed E-state index contributed by atoms with van der Waals surface area (Å²) < 4.78 is 12.7. The summed E-state index contributed by atoms with van der Waals surface area (Å²) in [6, 6.07) is 8.32. The first-order valence-electron chi connectivity index (χ1n) is 6.52. The molecule has 0 unspecified atom stereocenters. The van der Waals surface area contributed by atoms with Gasteiger partial charge in [-0.3, -0.25) is 0 Å². The molecule has 1 saturated heterocycles. The number of benzene rings is 1. The van der Waals surface area contributed by atoms with Crippen LogP contribution in [0.15, 0.2) is 46.7 Å². The molecule has 104 valence electrons. The van der Waals surface area contributed by atoms with Gasteiger partial charge in [0.2, 0.25) is 0 Å². The molecule has 1 N–H and O–H groups in total. The Morgan fingerprint density at radius 3 is 2.35 bits per heavy atom. The number of rotatable bonds is 3. The lowest BCUT2D eigenvalue weighted by molar-refractivity contribution is 0.589. The Bertz CT molecular complexity index is 552. The van der Waals surface area contributed by atoms with Gasteiger partial charge < -0.3 is 10.2 Å². The molecule has 1 fully saturated rings. The topological polar surface area (TPSA) is 41.1 Å². The van der Waals surface area contributed by atoms with Gasteiger partial charge in [0.25, 0.3) is 0 Å². The van der Waals surface area contributed by atoms with Gasteiger partial charge in [0, 0.05) is 36.8 Å². The number of hydrogen-bond acceptors (Lipinski definition) is 5. The second kappa shape index (κ2) is 6.19. The van der Waals surface area contributed by atoms with Crippen molar-refractivity contribution in [3.8, 4) is 0 Å². The highest BCUT2D eigenvalue weighted by atomic mass is 32.2. The predicted molar refractivity (Wildman–Crippen MR) is 77.6 cm³/mol. The van der Waals surface area contributed by atoms with Crippen LogP contribution >= 0.6 is 11.8 Å². The third kappa shape index (κ3) is 3.26. The van der Waals surface area contributed by atoms with Crippen molar-refractivity contribution in [2.45, 2.75) is 10.1 Å². The van der Waals surface area contributed by atoms with E-state index in [0.717, 1.165) is 31.1 Å². The average Bonchev–Trinajstić information content (AvgIpc) is 2.51. The summed E-state index contributed by atoms with van der Waals surface area (Å²) >= 11 is 1.43. The maximum Gasteiger partial charge on any atom is 0.192 e. The largest absolute Gasteiger partial charge is 0.369 e. The maximum absolute atomic E-state index is 12.7. The standard InChI is InChI=1S/C14H15FN4S/c15-11-9-17-14(18-10-11)20-13-3-1-12(2-4-13)19-7-5-16-6-8-19/h1-4,9-10,16H,5-8H2. The quantitative estimate of drug-likeness (QED) is 0.878. The van der Waals surface area contributed by atoms with Crippen LogP contribution in [0.5, 0.6) is 0 Å². The second-order valence-electron chi connectivity index (χ2n) is 4.52. The highest BCUT2D eigenvalue weighted by molar-refractivity contribution is 7.99. The number of nitrogens with one attached hydrogen (secondary N) is 1. The molecule has 0 bridgehead atoms. The molecule has 0 amide bonds. The zero-order chi connectivity index (χ0) is 13.8. The van der Waals surface area contributed by atoms with Crippen LogP contribution in [-0.4, -0.2) is 36.1 Å². The van der Waals surface area contributed by atoms with Crippen molar-refractivity contribution >= 4 is 17.4 Å². The first-order valence-corrected chi connectivity index (χ1v) is 7.34. The molecule has 2 aromatic rings. The van der Waals surface area contributed by atoms with E-state index in [4.69, 9.17) is 0 Å². The molecule has 1 aromatic heterocycles. The van der Waals surface area contributed by atoms with E-state index in [-0.39, 0.29) is 0 Å². The van der Waals surface area contributed by atoms with Crippen molar-refractivity contribution in [1.29, 1.82) is 0 Å². The first kappa shape index (κ1) is 13.3. The monoisotopic (exact) mass is 290 g/mol. The summed E-state index contributed by atoms with van der Waals surface area (Å²) in [4.78, 5) is 11.3. The Balaban J connectivity index is 1.67. The Morgan fingerprint density at radius 2 is 1.70 bits per heavy atom. The zero-order valence-corrected chi connectivity index (χ0v) is 11.7. The zero-order valence-electron chi connectivity index (χ0n) is 10.9. The molecule has 0 saturated carbocycles. The van der Waals surface area contributed by atoms with Gasteiger partial charge in [0.1, 0.15) is 0 Å². The molecule has 1 aliphatic rings. The first-order chi connectivity index (χ1) is 9.81. The normalized spacial score (nSPS) is 15.3. The Kier molecular flexibility index (Phi) is 4.13. The highest BCUT2D eigenvalue weighted by Crippen LogP contribution is 2.26. The maximum atomic E-state index is 12.7. The summed E-state index contributed by atoms with van der Waals surface area (Å²) in [5, 5.41) is 3.90. The Morgan fingerprint density at radius 1 is 1.05 bits per heavy atom. The third-order valence-electron chi connectivity index (χ3n) is 3.12. The van der Waals surface area contributed by atoms with Gasteiger partial charge in [-0.05, 0) is 36.0 Å². The fourth-order valence-electron chi connectivity index (χ4n) is 2.11. The fourth-order valence-corrected chi connectivity index (χ4v) is 2.80. The number of nitrogens with zero attached hydrogens (tertiary/aromatic N) is 3. The van der Waals surface area contributed by atoms with E-state index < -0.39 is 5.82 Å². The lowest BCUT2D eigenvalue weighted by Gasteiger charge is -2.29.